The molecule has 1 atom stereocenters. The van der Waals surface area contributed by atoms with Crippen molar-refractivity contribution >= 4 is 34.6 Å². The van der Waals surface area contributed by atoms with E-state index >= 15 is 4.39 Å². The van der Waals surface area contributed by atoms with Gasteiger partial charge in [0.05, 0.1) is 31.6 Å². The molecule has 2 saturated heterocycles. The average molecular weight is 774 g/mol. The normalized spacial score (nSPS) is 16.8. The monoisotopic (exact) mass is 773 g/mol. The van der Waals surface area contributed by atoms with Crippen LogP contribution < -0.4 is 9.64 Å². The van der Waals surface area contributed by atoms with E-state index in [1.165, 1.54) is 24.9 Å². The molecule has 0 saturated carbocycles. The number of fused-ring (bicyclic) bond motifs is 1. The number of likely N-dealkylation sites (N-methyl/N-ethyl adjacent to an activating group) is 1. The summed E-state index contributed by atoms with van der Waals surface area (Å²) in [5.41, 5.74) is 5.29. The Bertz CT molecular complexity index is 1950. The largest absolute Gasteiger partial charge is 0.493 e. The highest BCUT2D eigenvalue weighted by Gasteiger charge is 2.28. The van der Waals surface area contributed by atoms with Crippen LogP contribution in [0.5, 0.6) is 5.75 Å². The highest BCUT2D eigenvalue weighted by atomic mass is 19.1. The summed E-state index contributed by atoms with van der Waals surface area (Å²) < 4.78 is 35.4. The Labute approximate surface area is 329 Å². The molecule has 6 heterocycles. The van der Waals surface area contributed by atoms with Gasteiger partial charge in [0.2, 0.25) is 12.3 Å². The van der Waals surface area contributed by atoms with Crippen molar-refractivity contribution in [2.75, 3.05) is 71.4 Å². The molecule has 0 spiro atoms. The number of ether oxygens (including phenoxy) is 1. The molecule has 0 radical (unpaired) electrons. The number of aryl methyl sites for hydroxylation is 2. The number of benzene rings is 1. The van der Waals surface area contributed by atoms with Gasteiger partial charge in [0.25, 0.3) is 0 Å². The summed E-state index contributed by atoms with van der Waals surface area (Å²) in [6, 6.07) is 5.42. The summed E-state index contributed by atoms with van der Waals surface area (Å²) in [4.78, 5) is 38.5. The predicted octanol–water partition coefficient (Wildman–Crippen LogP) is 6.61. The van der Waals surface area contributed by atoms with Gasteiger partial charge in [0.15, 0.2) is 17.4 Å². The number of nitrogens with zero attached hydrogens (tertiary/aromatic N) is 8. The van der Waals surface area contributed by atoms with E-state index in [-0.39, 0.29) is 11.7 Å². The first-order valence-corrected chi connectivity index (χ1v) is 19.2. The SMILES string of the molecule is C=CC(=C)C.CC.COc1cc(F)cnc1N1CCN(C=O)CC1.Cc1cc2c(C3CCN(C)C3)cc(C3=CCCN(C(=O)CCn4ccnn4)C3)c(F)c2[nH]1. The second-order valence-corrected chi connectivity index (χ2v) is 13.9. The van der Waals surface area contributed by atoms with Crippen LogP contribution in [0.3, 0.4) is 0 Å². The lowest BCUT2D eigenvalue weighted by Crippen LogP contribution is -2.46. The molecule has 3 aliphatic rings. The molecule has 2 amide bonds. The molecule has 1 aromatic carbocycles. The summed E-state index contributed by atoms with van der Waals surface area (Å²) in [6.07, 6.45) is 11.3. The van der Waals surface area contributed by atoms with Crippen LogP contribution in [-0.2, 0) is 16.1 Å². The first-order valence-electron chi connectivity index (χ1n) is 19.2. The van der Waals surface area contributed by atoms with Gasteiger partial charge in [-0.15, -0.1) is 5.10 Å². The minimum Gasteiger partial charge on any atom is -0.493 e. The third-order valence-corrected chi connectivity index (χ3v) is 9.86. The van der Waals surface area contributed by atoms with E-state index in [4.69, 9.17) is 4.74 Å². The Kier molecular flexibility index (Phi) is 16.3. The van der Waals surface area contributed by atoms with Gasteiger partial charge in [-0.05, 0) is 69.5 Å². The van der Waals surface area contributed by atoms with Crippen LogP contribution in [0.1, 0.15) is 62.8 Å². The predicted molar refractivity (Wildman–Crippen MR) is 219 cm³/mol. The summed E-state index contributed by atoms with van der Waals surface area (Å²) in [6.45, 7) is 21.2. The van der Waals surface area contributed by atoms with Crippen molar-refractivity contribution in [2.45, 2.75) is 59.4 Å². The molecule has 0 aliphatic carbocycles. The number of carbonyl (C=O) groups is 2. The fourth-order valence-electron chi connectivity index (χ4n) is 6.89. The van der Waals surface area contributed by atoms with Gasteiger partial charge in [-0.25, -0.2) is 13.8 Å². The average Bonchev–Trinajstić information content (AvgIpc) is 4.00. The molecule has 14 heteroatoms. The minimum absolute atomic E-state index is 0.0564. The van der Waals surface area contributed by atoms with Crippen LogP contribution in [-0.4, -0.2) is 118 Å². The van der Waals surface area contributed by atoms with E-state index in [1.807, 2.05) is 43.6 Å². The van der Waals surface area contributed by atoms with Gasteiger partial charge >= 0.3 is 0 Å². The molecule has 4 aromatic rings. The van der Waals surface area contributed by atoms with Crippen LogP contribution in [0, 0.1) is 18.6 Å². The van der Waals surface area contributed by atoms with E-state index in [0.29, 0.717) is 80.8 Å². The zero-order valence-electron chi connectivity index (χ0n) is 33.7. The number of likely N-dealkylation sites (tertiary alicyclic amines) is 1. The van der Waals surface area contributed by atoms with Gasteiger partial charge in [-0.1, -0.05) is 49.9 Å². The molecular formula is C42H57F2N9O3. The van der Waals surface area contributed by atoms with E-state index in [9.17, 15) is 14.0 Å². The van der Waals surface area contributed by atoms with Gasteiger partial charge in [0, 0.05) is 81.1 Å². The fourth-order valence-corrected chi connectivity index (χ4v) is 6.89. The Morgan fingerprint density at radius 2 is 1.84 bits per heavy atom. The Hall–Kier alpha value is -5.37. The van der Waals surface area contributed by atoms with Crippen molar-refractivity contribution in [1.29, 1.82) is 0 Å². The van der Waals surface area contributed by atoms with E-state index in [0.717, 1.165) is 54.6 Å². The number of hydrogen-bond donors (Lipinski definition) is 1. The first kappa shape index (κ1) is 43.4. The molecule has 302 valence electrons. The van der Waals surface area contributed by atoms with Gasteiger partial charge in [-0.2, -0.15) is 0 Å². The fraction of sp³-hybridized carbons (Fsp3) is 0.452. The van der Waals surface area contributed by atoms with Crippen LogP contribution in [0.15, 0.2) is 67.7 Å². The molecule has 1 unspecified atom stereocenters. The van der Waals surface area contributed by atoms with Gasteiger partial charge in [0.1, 0.15) is 5.82 Å². The van der Waals surface area contributed by atoms with Crippen LogP contribution in [0.25, 0.3) is 16.5 Å². The third kappa shape index (κ3) is 11.3. The number of H-pyrrole nitrogens is 1. The number of allylic oxidation sites excluding steroid dienone is 2. The van der Waals surface area contributed by atoms with Crippen molar-refractivity contribution in [3.63, 3.8) is 0 Å². The van der Waals surface area contributed by atoms with Crippen molar-refractivity contribution < 1.29 is 23.1 Å². The van der Waals surface area contributed by atoms with Crippen molar-refractivity contribution in [1.82, 2.24) is 39.7 Å². The lowest BCUT2D eigenvalue weighted by atomic mass is 9.89. The summed E-state index contributed by atoms with van der Waals surface area (Å²) in [5, 5.41) is 8.68. The molecule has 3 aliphatic heterocycles. The maximum Gasteiger partial charge on any atom is 0.224 e. The highest BCUT2D eigenvalue weighted by Crippen LogP contribution is 2.38. The van der Waals surface area contributed by atoms with Gasteiger partial charge < -0.3 is 29.3 Å². The topological polar surface area (TPSA) is 116 Å². The van der Waals surface area contributed by atoms with Crippen LogP contribution >= 0.6 is 0 Å². The molecule has 1 N–H and O–H groups in total. The van der Waals surface area contributed by atoms with Crippen LogP contribution in [0.2, 0.25) is 0 Å². The van der Waals surface area contributed by atoms with Crippen molar-refractivity contribution in [2.24, 2.45) is 0 Å². The third-order valence-electron chi connectivity index (χ3n) is 9.86. The zero-order chi connectivity index (χ0) is 40.8. The Morgan fingerprint density at radius 1 is 1.11 bits per heavy atom. The number of carbonyl (C=O) groups excluding carboxylic acids is 2. The quantitative estimate of drug-likeness (QED) is 0.149. The number of nitrogens with one attached hydrogen (secondary N) is 1. The molecule has 56 heavy (non-hydrogen) atoms. The number of halogens is 2. The standard InChI is InChI=1S/C24H29FN6O.C11H14FN3O2.C5H8.C2H6/c1-16-12-21-19(18-5-9-29(2)14-18)13-20(23(25)24(21)27-16)17-4-3-8-30(15-17)22(32)6-10-31-11-7-26-28-31;1-17-10-6-9(12)7-13-11(10)15-4-2-14(8-16)3-5-15;1-4-5(2)3;1-2/h4,7,11-13,18,27H,3,5-6,8-10,14-15H2,1-2H3;6-8H,2-5H2,1H3;4H,1-2H2,3H3;1-2H3. The molecule has 0 bridgehead atoms. The van der Waals surface area contributed by atoms with E-state index < -0.39 is 5.82 Å². The molecule has 7 rings (SSSR count). The lowest BCUT2D eigenvalue weighted by molar-refractivity contribution is -0.131. The van der Waals surface area contributed by atoms with E-state index in [2.05, 4.69) is 57.5 Å². The highest BCUT2D eigenvalue weighted by molar-refractivity contribution is 5.90. The Morgan fingerprint density at radius 3 is 2.45 bits per heavy atom. The number of pyridine rings is 1. The number of hydrogen-bond acceptors (Lipinski definition) is 8. The van der Waals surface area contributed by atoms with Crippen LogP contribution in [0.4, 0.5) is 14.6 Å². The minimum atomic E-state index is -0.419. The second-order valence-electron chi connectivity index (χ2n) is 13.9. The summed E-state index contributed by atoms with van der Waals surface area (Å²) in [5.74, 6) is 0.857. The number of amides is 2. The first-order chi connectivity index (χ1) is 27.0. The number of rotatable bonds is 9. The zero-order valence-corrected chi connectivity index (χ0v) is 33.7. The van der Waals surface area contributed by atoms with Gasteiger partial charge in [-0.3, -0.25) is 14.3 Å². The number of piperazine rings is 1. The summed E-state index contributed by atoms with van der Waals surface area (Å²) >= 11 is 0. The van der Waals surface area contributed by atoms with Crippen molar-refractivity contribution in [3.8, 4) is 5.75 Å². The van der Waals surface area contributed by atoms with Crippen molar-refractivity contribution in [3.05, 3.63) is 96.1 Å². The maximum atomic E-state index is 15.7. The molecule has 12 nitrogen and oxygen atoms in total. The number of anilines is 1. The number of aromatic nitrogens is 5. The van der Waals surface area contributed by atoms with E-state index in [1.54, 1.807) is 28.1 Å². The molecule has 2 fully saturated rings. The number of aromatic amines is 1. The second kappa shape index (κ2) is 21.1. The lowest BCUT2D eigenvalue weighted by Gasteiger charge is -2.33. The number of methoxy groups -OCH3 is 1. The Balaban J connectivity index is 0.000000243. The smallest absolute Gasteiger partial charge is 0.224 e. The molecule has 3 aromatic heterocycles. The molecular weight excluding hydrogens is 717 g/mol. The summed E-state index contributed by atoms with van der Waals surface area (Å²) in [7, 11) is 3.62. The maximum absolute atomic E-state index is 15.7.